The van der Waals surface area contributed by atoms with Gasteiger partial charge < -0.3 is 38.5 Å². The lowest BCUT2D eigenvalue weighted by Crippen LogP contribution is -2.66. The minimum Gasteiger partial charge on any atom is -0.462 e. The monoisotopic (exact) mass is 959 g/mol. The van der Waals surface area contributed by atoms with Crippen molar-refractivity contribution in [3.05, 3.63) is 61.2 Å². The first-order valence-electron chi connectivity index (χ1n) is 24.1. The summed E-state index contributed by atoms with van der Waals surface area (Å²) in [6, 6.07) is 8.44. The zero-order chi connectivity index (χ0) is 46.7. The van der Waals surface area contributed by atoms with E-state index in [4.69, 9.17) is 68.0 Å². The lowest BCUT2D eigenvalue weighted by Gasteiger charge is -2.45. The Kier molecular flexibility index (Phi) is 33.1. The minimum atomic E-state index is -1.88. The van der Waals surface area contributed by atoms with E-state index in [1.807, 2.05) is 30.3 Å². The van der Waals surface area contributed by atoms with Gasteiger partial charge in [0.05, 0.1) is 32.8 Å². The Balaban J connectivity index is 2.24. The first-order valence-corrected chi connectivity index (χ1v) is 25.3. The average Bonchev–Trinajstić information content (AvgIpc) is 3.26. The number of hydrogen-bond acceptors (Lipinski definition) is 10. The predicted molar refractivity (Wildman–Crippen MR) is 257 cm³/mol. The van der Waals surface area contributed by atoms with Crippen molar-refractivity contribution in [3.8, 4) is 0 Å². The fourth-order valence-electron chi connectivity index (χ4n) is 7.66. The number of alkyl carbamates (subject to hydrolysis) is 1. The number of ether oxygens (including phenoxy) is 7. The molecule has 0 radical (unpaired) electrons. The Hall–Kier alpha value is -2.38. The van der Waals surface area contributed by atoms with Crippen LogP contribution in [0.15, 0.2) is 55.6 Å². The number of halogens is 3. The number of benzene rings is 1. The van der Waals surface area contributed by atoms with Gasteiger partial charge in [-0.1, -0.05) is 207 Å². The predicted octanol–water partition coefficient (Wildman–Crippen LogP) is 13.0. The Morgan fingerprint density at radius 1 is 0.734 bits per heavy atom. The number of esters is 2. The van der Waals surface area contributed by atoms with E-state index in [1.54, 1.807) is 6.08 Å². The fourth-order valence-corrected chi connectivity index (χ4v) is 7.82. The minimum absolute atomic E-state index is 0.0149. The van der Waals surface area contributed by atoms with Gasteiger partial charge in [0.1, 0.15) is 31.0 Å². The summed E-state index contributed by atoms with van der Waals surface area (Å²) >= 11 is 17.6. The van der Waals surface area contributed by atoms with Crippen LogP contribution in [0.3, 0.4) is 0 Å². The van der Waals surface area contributed by atoms with Crippen molar-refractivity contribution in [2.45, 2.75) is 209 Å². The lowest BCUT2D eigenvalue weighted by atomic mass is 9.96. The third-order valence-corrected chi connectivity index (χ3v) is 11.4. The summed E-state index contributed by atoms with van der Waals surface area (Å²) < 4.78 is 40.3. The SMILES string of the molecule is C=CCO[C@H]1O[C@H](COCc2ccccc2)[C@@H](OCC=C)[C@H](OC(=O)C[C@@H](CCCCCCCCCCC)OC(=O)CCCCCCCCCCCCC)[C@@H]1NC(=O)OCC(Cl)(Cl)Cl. The summed E-state index contributed by atoms with van der Waals surface area (Å²) in [6.45, 7) is 11.8. The number of carbonyl (C=O) groups is 3. The largest absolute Gasteiger partial charge is 0.462 e. The van der Waals surface area contributed by atoms with Gasteiger partial charge in [-0.15, -0.1) is 13.2 Å². The van der Waals surface area contributed by atoms with Crippen LogP contribution < -0.4 is 5.32 Å². The molecule has 1 aromatic rings. The summed E-state index contributed by atoms with van der Waals surface area (Å²) in [6.07, 6.45) is 20.8. The van der Waals surface area contributed by atoms with Gasteiger partial charge in [0, 0.05) is 6.42 Å². The number of amides is 1. The molecule has 1 amide bonds. The second kappa shape index (κ2) is 36.7. The second-order valence-corrected chi connectivity index (χ2v) is 19.3. The van der Waals surface area contributed by atoms with E-state index in [0.29, 0.717) is 6.42 Å². The highest BCUT2D eigenvalue weighted by atomic mass is 35.6. The molecule has 366 valence electrons. The number of unbranched alkanes of at least 4 members (excludes halogenated alkanes) is 18. The second-order valence-electron chi connectivity index (χ2n) is 16.8. The average molecular weight is 962 g/mol. The molecule has 1 N–H and O–H groups in total. The molecule has 2 rings (SSSR count). The Labute approximate surface area is 400 Å². The van der Waals surface area contributed by atoms with E-state index in [2.05, 4.69) is 32.3 Å². The molecule has 1 aromatic carbocycles. The van der Waals surface area contributed by atoms with Crippen molar-refractivity contribution in [1.29, 1.82) is 0 Å². The molecule has 6 atom stereocenters. The highest BCUT2D eigenvalue weighted by Crippen LogP contribution is 2.30. The van der Waals surface area contributed by atoms with Gasteiger partial charge in [0.15, 0.2) is 12.4 Å². The highest BCUT2D eigenvalue weighted by molar-refractivity contribution is 6.67. The first-order chi connectivity index (χ1) is 31.0. The lowest BCUT2D eigenvalue weighted by molar-refractivity contribution is -0.279. The zero-order valence-corrected chi connectivity index (χ0v) is 41.2. The van der Waals surface area contributed by atoms with Crippen molar-refractivity contribution in [1.82, 2.24) is 5.32 Å². The van der Waals surface area contributed by atoms with Crippen LogP contribution in [0.4, 0.5) is 4.79 Å². The molecular weight excluding hydrogens is 881 g/mol. The molecule has 64 heavy (non-hydrogen) atoms. The normalized spacial score (nSPS) is 19.1. The van der Waals surface area contributed by atoms with Crippen LogP contribution in [0, 0.1) is 0 Å². The summed E-state index contributed by atoms with van der Waals surface area (Å²) in [5.74, 6) is -0.983. The maximum Gasteiger partial charge on any atom is 0.407 e. The molecule has 1 heterocycles. The molecule has 0 aromatic heterocycles. The zero-order valence-electron chi connectivity index (χ0n) is 38.9. The smallest absolute Gasteiger partial charge is 0.407 e. The topological polar surface area (TPSA) is 128 Å². The van der Waals surface area contributed by atoms with E-state index in [0.717, 1.165) is 50.5 Å². The molecular formula is C50H80Cl3NO10. The van der Waals surface area contributed by atoms with Crippen molar-refractivity contribution in [2.75, 3.05) is 26.4 Å². The summed E-state index contributed by atoms with van der Waals surface area (Å²) in [4.78, 5) is 40.6. The molecule has 1 aliphatic rings. The molecule has 0 spiro atoms. The standard InChI is InChI=1S/C50H80Cl3NO10/c1-5-9-11-13-15-17-18-20-22-24-29-33-43(55)62-41(32-28-23-21-19-16-14-12-10-6-2)36-44(56)64-47-45(54-49(57)61-39-50(51,52)53)48(60-35-8-4)63-42(46(47)59-34-7-3)38-58-37-40-30-26-25-27-31-40/h7-8,25-27,30-31,41-42,45-48H,3-6,9-24,28-29,32-39H2,1-2H3,(H,54,57)/t41-,42-,45+,46-,47-,48+/m1/s1. The molecule has 0 bridgehead atoms. The molecule has 0 unspecified atom stereocenters. The maximum absolute atomic E-state index is 14.1. The van der Waals surface area contributed by atoms with E-state index in [9.17, 15) is 14.4 Å². The maximum atomic E-state index is 14.1. The van der Waals surface area contributed by atoms with Crippen molar-refractivity contribution in [3.63, 3.8) is 0 Å². The summed E-state index contributed by atoms with van der Waals surface area (Å²) in [5.41, 5.74) is 0.941. The number of carbonyl (C=O) groups excluding carboxylic acids is 3. The van der Waals surface area contributed by atoms with Gasteiger partial charge in [-0.2, -0.15) is 0 Å². The Morgan fingerprint density at radius 2 is 1.28 bits per heavy atom. The van der Waals surface area contributed by atoms with Crippen LogP contribution in [0.25, 0.3) is 0 Å². The number of hydrogen-bond donors (Lipinski definition) is 1. The van der Waals surface area contributed by atoms with Gasteiger partial charge in [-0.25, -0.2) is 4.79 Å². The van der Waals surface area contributed by atoms with Gasteiger partial charge in [0.25, 0.3) is 0 Å². The molecule has 1 aliphatic heterocycles. The molecule has 1 fully saturated rings. The van der Waals surface area contributed by atoms with E-state index in [1.165, 1.54) is 89.5 Å². The van der Waals surface area contributed by atoms with Crippen LogP contribution in [0.1, 0.15) is 167 Å². The van der Waals surface area contributed by atoms with Gasteiger partial charge in [0.2, 0.25) is 3.79 Å². The molecule has 0 saturated carbocycles. The van der Waals surface area contributed by atoms with Crippen LogP contribution in [-0.2, 0) is 49.4 Å². The fraction of sp³-hybridized carbons (Fsp3) is 0.740. The number of rotatable bonds is 38. The quantitative estimate of drug-likeness (QED) is 0.0225. The van der Waals surface area contributed by atoms with Crippen LogP contribution >= 0.6 is 34.8 Å². The van der Waals surface area contributed by atoms with Crippen LogP contribution in [0.5, 0.6) is 0 Å². The van der Waals surface area contributed by atoms with Gasteiger partial charge in [-0.05, 0) is 24.8 Å². The number of nitrogens with one attached hydrogen (secondary N) is 1. The molecule has 11 nitrogen and oxygen atoms in total. The summed E-state index contributed by atoms with van der Waals surface area (Å²) in [5, 5.41) is 2.69. The first kappa shape index (κ1) is 57.7. The van der Waals surface area contributed by atoms with Gasteiger partial charge in [-0.3, -0.25) is 9.59 Å². The van der Waals surface area contributed by atoms with Crippen molar-refractivity contribution >= 4 is 52.8 Å². The van der Waals surface area contributed by atoms with Crippen molar-refractivity contribution in [2.24, 2.45) is 0 Å². The van der Waals surface area contributed by atoms with E-state index >= 15 is 0 Å². The number of alkyl halides is 3. The summed E-state index contributed by atoms with van der Waals surface area (Å²) in [7, 11) is 0. The molecule has 0 aliphatic carbocycles. The Morgan fingerprint density at radius 3 is 1.84 bits per heavy atom. The Bertz CT molecular complexity index is 1380. The van der Waals surface area contributed by atoms with Crippen molar-refractivity contribution < 1.29 is 47.5 Å². The molecule has 1 saturated heterocycles. The van der Waals surface area contributed by atoms with E-state index in [-0.39, 0.29) is 45.2 Å². The van der Waals surface area contributed by atoms with Gasteiger partial charge >= 0.3 is 18.0 Å². The third-order valence-electron chi connectivity index (χ3n) is 11.1. The molecule has 14 heteroatoms. The van der Waals surface area contributed by atoms with E-state index < -0.39 is 59.2 Å². The highest BCUT2D eigenvalue weighted by Gasteiger charge is 2.50. The third kappa shape index (κ3) is 27.9. The van der Waals surface area contributed by atoms with Crippen LogP contribution in [-0.4, -0.2) is 85.0 Å². The van der Waals surface area contributed by atoms with Crippen LogP contribution in [0.2, 0.25) is 0 Å².